The third kappa shape index (κ3) is 5.64. The number of nitrogens with zero attached hydrogens (tertiary/aromatic N) is 3. The van der Waals surface area contributed by atoms with Crippen molar-refractivity contribution in [3.63, 3.8) is 0 Å². The van der Waals surface area contributed by atoms with Crippen LogP contribution in [0.1, 0.15) is 30.0 Å². The summed E-state index contributed by atoms with van der Waals surface area (Å²) in [7, 11) is 1.55. The number of methoxy groups -OCH3 is 1. The van der Waals surface area contributed by atoms with E-state index in [1.165, 1.54) is 12.1 Å². The summed E-state index contributed by atoms with van der Waals surface area (Å²) in [5.41, 5.74) is 0.926. The first kappa shape index (κ1) is 23.3. The van der Waals surface area contributed by atoms with Gasteiger partial charge in [0.05, 0.1) is 25.9 Å². The summed E-state index contributed by atoms with van der Waals surface area (Å²) in [6.07, 6.45) is 0. The molecule has 0 radical (unpaired) electrons. The smallest absolute Gasteiger partial charge is 0.319 e. The van der Waals surface area contributed by atoms with Crippen LogP contribution in [0.25, 0.3) is 5.69 Å². The molecule has 0 aliphatic rings. The lowest BCUT2D eigenvalue weighted by molar-refractivity contribution is -0.142. The summed E-state index contributed by atoms with van der Waals surface area (Å²) < 4.78 is 25.7. The first-order valence-electron chi connectivity index (χ1n) is 9.88. The van der Waals surface area contributed by atoms with E-state index in [9.17, 15) is 14.0 Å². The maximum atomic E-state index is 13.9. The standard InChI is InChI=1S/C22H23FN4O4S/c1-4-31-21(29)14(2)32-22-26-25-19(27(22)17-7-5-6-16(23)12-17)13-24-20(28)15-8-10-18(30-3)11-9-15/h5-12,14H,4,13H2,1-3H3,(H,24,28)/t14-/m0/s1. The molecule has 0 saturated carbocycles. The molecule has 0 fully saturated rings. The average molecular weight is 459 g/mol. The molecule has 1 heterocycles. The van der Waals surface area contributed by atoms with Crippen molar-refractivity contribution < 1.29 is 23.5 Å². The van der Waals surface area contributed by atoms with E-state index in [4.69, 9.17) is 9.47 Å². The number of aromatic nitrogens is 3. The van der Waals surface area contributed by atoms with E-state index < -0.39 is 11.1 Å². The first-order chi connectivity index (χ1) is 15.4. The number of halogens is 1. The van der Waals surface area contributed by atoms with Crippen LogP contribution < -0.4 is 10.1 Å². The van der Waals surface area contributed by atoms with Crippen molar-refractivity contribution in [2.75, 3.05) is 13.7 Å². The monoisotopic (exact) mass is 458 g/mol. The lowest BCUT2D eigenvalue weighted by atomic mass is 10.2. The predicted molar refractivity (Wildman–Crippen MR) is 117 cm³/mol. The van der Waals surface area contributed by atoms with Crippen LogP contribution in [0.4, 0.5) is 4.39 Å². The molecule has 0 aliphatic carbocycles. The molecule has 0 aliphatic heterocycles. The van der Waals surface area contributed by atoms with Crippen molar-refractivity contribution in [1.29, 1.82) is 0 Å². The van der Waals surface area contributed by atoms with Crippen molar-refractivity contribution in [1.82, 2.24) is 20.1 Å². The fourth-order valence-corrected chi connectivity index (χ4v) is 3.72. The van der Waals surface area contributed by atoms with Crippen LogP contribution in [-0.4, -0.2) is 45.6 Å². The Morgan fingerprint density at radius 1 is 1.19 bits per heavy atom. The molecule has 32 heavy (non-hydrogen) atoms. The fraction of sp³-hybridized carbons (Fsp3) is 0.273. The maximum Gasteiger partial charge on any atom is 0.319 e. The summed E-state index contributed by atoms with van der Waals surface area (Å²) in [6.45, 7) is 3.73. The van der Waals surface area contributed by atoms with Gasteiger partial charge in [-0.1, -0.05) is 17.8 Å². The van der Waals surface area contributed by atoms with E-state index in [-0.39, 0.29) is 25.0 Å². The predicted octanol–water partition coefficient (Wildman–Crippen LogP) is 3.39. The van der Waals surface area contributed by atoms with Crippen molar-refractivity contribution >= 4 is 23.6 Å². The van der Waals surface area contributed by atoms with Gasteiger partial charge in [-0.15, -0.1) is 10.2 Å². The molecule has 168 valence electrons. The zero-order valence-corrected chi connectivity index (χ0v) is 18.7. The molecule has 2 aromatic carbocycles. The van der Waals surface area contributed by atoms with Crippen molar-refractivity contribution in [2.24, 2.45) is 0 Å². The number of esters is 1. The quantitative estimate of drug-likeness (QED) is 0.388. The Labute approximate surface area is 189 Å². The summed E-state index contributed by atoms with van der Waals surface area (Å²) in [5, 5.41) is 10.9. The Balaban J connectivity index is 1.84. The molecule has 1 atom stereocenters. The minimum atomic E-state index is -0.548. The van der Waals surface area contributed by atoms with Crippen LogP contribution in [0.15, 0.2) is 53.7 Å². The lowest BCUT2D eigenvalue weighted by Crippen LogP contribution is -2.24. The second-order valence-corrected chi connectivity index (χ2v) is 7.95. The Morgan fingerprint density at radius 2 is 1.94 bits per heavy atom. The van der Waals surface area contributed by atoms with Gasteiger partial charge in [0, 0.05) is 5.56 Å². The van der Waals surface area contributed by atoms with Crippen LogP contribution in [0, 0.1) is 5.82 Å². The van der Waals surface area contributed by atoms with Crippen LogP contribution in [-0.2, 0) is 16.1 Å². The van der Waals surface area contributed by atoms with Gasteiger partial charge in [-0.2, -0.15) is 0 Å². The van der Waals surface area contributed by atoms with E-state index in [0.717, 1.165) is 11.8 Å². The number of carbonyl (C=O) groups excluding carboxylic acids is 2. The number of nitrogens with one attached hydrogen (secondary N) is 1. The van der Waals surface area contributed by atoms with Crippen LogP contribution >= 0.6 is 11.8 Å². The van der Waals surface area contributed by atoms with Gasteiger partial charge in [0.2, 0.25) is 0 Å². The molecule has 1 amide bonds. The minimum Gasteiger partial charge on any atom is -0.497 e. The number of rotatable bonds is 9. The van der Waals surface area contributed by atoms with Crippen LogP contribution in [0.5, 0.6) is 5.75 Å². The van der Waals surface area contributed by atoms with E-state index in [2.05, 4.69) is 15.5 Å². The zero-order valence-electron chi connectivity index (χ0n) is 17.9. The van der Waals surface area contributed by atoms with E-state index in [1.54, 1.807) is 61.9 Å². The van der Waals surface area contributed by atoms with Gasteiger partial charge in [-0.05, 0) is 56.3 Å². The molecule has 0 bridgehead atoms. The normalized spacial score (nSPS) is 11.6. The van der Waals surface area contributed by atoms with Crippen molar-refractivity contribution in [3.8, 4) is 11.4 Å². The van der Waals surface area contributed by atoms with Gasteiger partial charge in [-0.25, -0.2) is 4.39 Å². The topological polar surface area (TPSA) is 95.3 Å². The molecule has 0 saturated heterocycles. The van der Waals surface area contributed by atoms with Crippen molar-refractivity contribution in [3.05, 3.63) is 65.7 Å². The first-order valence-corrected chi connectivity index (χ1v) is 10.8. The summed E-state index contributed by atoms with van der Waals surface area (Å²) in [4.78, 5) is 24.6. The number of hydrogen-bond acceptors (Lipinski definition) is 7. The highest BCUT2D eigenvalue weighted by atomic mass is 32.2. The molecular formula is C22H23FN4O4S. The molecule has 3 rings (SSSR count). The van der Waals surface area contributed by atoms with Crippen molar-refractivity contribution in [2.45, 2.75) is 30.8 Å². The molecule has 0 unspecified atom stereocenters. The lowest BCUT2D eigenvalue weighted by Gasteiger charge is -2.13. The summed E-state index contributed by atoms with van der Waals surface area (Å²) in [6, 6.07) is 12.6. The highest BCUT2D eigenvalue weighted by Gasteiger charge is 2.22. The third-order valence-corrected chi connectivity index (χ3v) is 5.45. The zero-order chi connectivity index (χ0) is 23.1. The second-order valence-electron chi connectivity index (χ2n) is 6.64. The summed E-state index contributed by atoms with van der Waals surface area (Å²) in [5.74, 6) is -0.101. The second kappa shape index (κ2) is 10.8. The molecule has 8 nitrogen and oxygen atoms in total. The van der Waals surface area contributed by atoms with Gasteiger partial charge < -0.3 is 14.8 Å². The van der Waals surface area contributed by atoms with Crippen LogP contribution in [0.2, 0.25) is 0 Å². The average Bonchev–Trinajstić information content (AvgIpc) is 3.19. The van der Waals surface area contributed by atoms with Gasteiger partial charge >= 0.3 is 5.97 Å². The number of hydrogen-bond donors (Lipinski definition) is 1. The highest BCUT2D eigenvalue weighted by Crippen LogP contribution is 2.27. The molecule has 3 aromatic rings. The molecule has 1 N–H and O–H groups in total. The SMILES string of the molecule is CCOC(=O)[C@H](C)Sc1nnc(CNC(=O)c2ccc(OC)cc2)n1-c1cccc(F)c1. The van der Waals surface area contributed by atoms with Crippen LogP contribution in [0.3, 0.4) is 0 Å². The van der Waals surface area contributed by atoms with E-state index >= 15 is 0 Å². The maximum absolute atomic E-state index is 13.9. The number of ether oxygens (including phenoxy) is 2. The Bertz CT molecular complexity index is 1090. The molecule has 10 heteroatoms. The van der Waals surface area contributed by atoms with E-state index in [0.29, 0.717) is 28.0 Å². The third-order valence-electron chi connectivity index (χ3n) is 4.43. The number of carbonyl (C=O) groups is 2. The number of amides is 1. The van der Waals surface area contributed by atoms with Gasteiger partial charge in [0.25, 0.3) is 5.91 Å². The van der Waals surface area contributed by atoms with Gasteiger partial charge in [0.15, 0.2) is 11.0 Å². The van der Waals surface area contributed by atoms with Gasteiger partial charge in [0.1, 0.15) is 16.8 Å². The summed E-state index contributed by atoms with van der Waals surface area (Å²) >= 11 is 1.14. The Morgan fingerprint density at radius 3 is 2.59 bits per heavy atom. The molecule has 0 spiro atoms. The molecular weight excluding hydrogens is 435 g/mol. The number of benzene rings is 2. The fourth-order valence-electron chi connectivity index (χ4n) is 2.84. The minimum absolute atomic E-state index is 0.0444. The highest BCUT2D eigenvalue weighted by molar-refractivity contribution is 8.00. The van der Waals surface area contributed by atoms with Gasteiger partial charge in [-0.3, -0.25) is 14.2 Å². The largest absolute Gasteiger partial charge is 0.497 e. The number of thioether (sulfide) groups is 1. The van der Waals surface area contributed by atoms with E-state index in [1.807, 2.05) is 0 Å². The Hall–Kier alpha value is -3.40. The molecule has 1 aromatic heterocycles. The Kier molecular flexibility index (Phi) is 7.82.